The van der Waals surface area contributed by atoms with E-state index in [9.17, 15) is 13.2 Å². The summed E-state index contributed by atoms with van der Waals surface area (Å²) in [5.74, 6) is -0.334. The van der Waals surface area contributed by atoms with E-state index >= 15 is 0 Å². The lowest BCUT2D eigenvalue weighted by atomic mass is 10.2. The molecule has 0 spiro atoms. The molecule has 0 radical (unpaired) electrons. The van der Waals surface area contributed by atoms with E-state index in [-0.39, 0.29) is 10.8 Å². The van der Waals surface area contributed by atoms with Crippen molar-refractivity contribution in [3.05, 3.63) is 53.0 Å². The number of halogens is 1. The summed E-state index contributed by atoms with van der Waals surface area (Å²) in [6, 6.07) is 10.7. The van der Waals surface area contributed by atoms with E-state index in [0.29, 0.717) is 30.1 Å². The summed E-state index contributed by atoms with van der Waals surface area (Å²) in [5.41, 5.74) is 3.15. The Morgan fingerprint density at radius 2 is 2.00 bits per heavy atom. The Morgan fingerprint density at radius 3 is 2.78 bits per heavy atom. The number of benzene rings is 2. The van der Waals surface area contributed by atoms with Crippen LogP contribution in [0.4, 0.5) is 5.69 Å². The fourth-order valence-electron chi connectivity index (χ4n) is 3.19. The van der Waals surface area contributed by atoms with Crippen molar-refractivity contribution in [3.8, 4) is 0 Å². The highest BCUT2D eigenvalue weighted by Gasteiger charge is 2.39. The first-order valence-electron chi connectivity index (χ1n) is 8.37. The van der Waals surface area contributed by atoms with Gasteiger partial charge in [0.2, 0.25) is 15.9 Å². The molecular formula is C18H16ClN3O3S2. The van der Waals surface area contributed by atoms with E-state index in [1.54, 1.807) is 17.6 Å². The third-order valence-electron chi connectivity index (χ3n) is 4.52. The minimum Gasteiger partial charge on any atom is -0.325 e. The number of amides is 1. The molecule has 1 saturated heterocycles. The van der Waals surface area contributed by atoms with Gasteiger partial charge in [-0.1, -0.05) is 11.6 Å². The highest BCUT2D eigenvalue weighted by atomic mass is 35.5. The van der Waals surface area contributed by atoms with E-state index in [4.69, 9.17) is 11.6 Å². The molecular weight excluding hydrogens is 406 g/mol. The third kappa shape index (κ3) is 3.58. The SMILES string of the molecule is O=C(Nc1ccc2scnc2c1)C1CCCN1S(=O)(=O)c1ccc(Cl)cc1. The van der Waals surface area contributed by atoms with Crippen molar-refractivity contribution in [2.45, 2.75) is 23.8 Å². The van der Waals surface area contributed by atoms with Crippen LogP contribution in [0.5, 0.6) is 0 Å². The van der Waals surface area contributed by atoms with Gasteiger partial charge >= 0.3 is 0 Å². The summed E-state index contributed by atoms with van der Waals surface area (Å²) < 4.78 is 28.2. The Kier molecular flexibility index (Phi) is 4.90. The van der Waals surface area contributed by atoms with Crippen molar-refractivity contribution in [3.63, 3.8) is 0 Å². The molecule has 1 aromatic heterocycles. The van der Waals surface area contributed by atoms with E-state index in [0.717, 1.165) is 10.2 Å². The summed E-state index contributed by atoms with van der Waals surface area (Å²) in [5, 5.41) is 3.29. The van der Waals surface area contributed by atoms with Gasteiger partial charge in [-0.15, -0.1) is 11.3 Å². The average Bonchev–Trinajstić information content (AvgIpc) is 3.31. The number of fused-ring (bicyclic) bond motifs is 1. The zero-order chi connectivity index (χ0) is 19.0. The quantitative estimate of drug-likeness (QED) is 0.695. The minimum absolute atomic E-state index is 0.135. The summed E-state index contributed by atoms with van der Waals surface area (Å²) in [6.07, 6.45) is 1.12. The molecule has 1 N–H and O–H groups in total. The number of hydrogen-bond acceptors (Lipinski definition) is 5. The first-order valence-corrected chi connectivity index (χ1v) is 11.1. The molecule has 3 aromatic rings. The Bertz CT molecular complexity index is 1100. The first-order chi connectivity index (χ1) is 12.9. The monoisotopic (exact) mass is 421 g/mol. The Balaban J connectivity index is 1.56. The van der Waals surface area contributed by atoms with Crippen LogP contribution in [0, 0.1) is 0 Å². The third-order valence-corrected chi connectivity index (χ3v) is 7.51. The summed E-state index contributed by atoms with van der Waals surface area (Å²) in [4.78, 5) is 17.1. The Morgan fingerprint density at radius 1 is 1.22 bits per heavy atom. The molecule has 0 aliphatic carbocycles. The van der Waals surface area contributed by atoms with Gasteiger partial charge in [-0.3, -0.25) is 4.79 Å². The Labute approximate surface area is 165 Å². The number of thiazole rings is 1. The second-order valence-corrected chi connectivity index (χ2v) is 9.47. The molecule has 2 heterocycles. The number of carbonyl (C=O) groups is 1. The van der Waals surface area contributed by atoms with E-state index in [1.165, 1.54) is 39.9 Å². The highest BCUT2D eigenvalue weighted by Crippen LogP contribution is 2.28. The van der Waals surface area contributed by atoms with Crippen LogP contribution in [0.3, 0.4) is 0 Å². The molecule has 1 fully saturated rings. The van der Waals surface area contributed by atoms with Gasteiger partial charge in [0.1, 0.15) is 6.04 Å². The standard InChI is InChI=1S/C18H16ClN3O3S2/c19-12-3-6-14(7-4-12)27(24,25)22-9-1-2-16(22)18(23)21-13-5-8-17-15(10-13)20-11-26-17/h3-8,10-11,16H,1-2,9H2,(H,21,23). The van der Waals surface area contributed by atoms with Crippen LogP contribution in [-0.2, 0) is 14.8 Å². The normalized spacial score (nSPS) is 18.0. The lowest BCUT2D eigenvalue weighted by Crippen LogP contribution is -2.43. The average molecular weight is 422 g/mol. The maximum Gasteiger partial charge on any atom is 0.243 e. The van der Waals surface area contributed by atoms with Gasteiger partial charge in [0.05, 0.1) is 20.6 Å². The highest BCUT2D eigenvalue weighted by molar-refractivity contribution is 7.89. The molecule has 1 atom stereocenters. The molecule has 0 bridgehead atoms. The van der Waals surface area contributed by atoms with Gasteiger partial charge in [-0.2, -0.15) is 4.31 Å². The van der Waals surface area contributed by atoms with Gasteiger partial charge in [0.25, 0.3) is 0 Å². The van der Waals surface area contributed by atoms with Crippen LogP contribution in [0.15, 0.2) is 52.9 Å². The maximum absolute atomic E-state index is 12.9. The predicted molar refractivity (Wildman–Crippen MR) is 107 cm³/mol. The molecule has 1 amide bonds. The molecule has 9 heteroatoms. The Hall–Kier alpha value is -2.00. The van der Waals surface area contributed by atoms with Crippen molar-refractivity contribution in [2.75, 3.05) is 11.9 Å². The van der Waals surface area contributed by atoms with Crippen LogP contribution in [-0.4, -0.2) is 36.2 Å². The predicted octanol–water partition coefficient (Wildman–Crippen LogP) is 3.74. The molecule has 0 saturated carbocycles. The van der Waals surface area contributed by atoms with Crippen LogP contribution in [0.1, 0.15) is 12.8 Å². The van der Waals surface area contributed by atoms with Gasteiger partial charge in [-0.05, 0) is 55.3 Å². The molecule has 6 nitrogen and oxygen atoms in total. The van der Waals surface area contributed by atoms with Crippen LogP contribution >= 0.6 is 22.9 Å². The number of aromatic nitrogens is 1. The first kappa shape index (κ1) is 18.4. The zero-order valence-corrected chi connectivity index (χ0v) is 16.5. The van der Waals surface area contributed by atoms with Gasteiger partial charge in [0, 0.05) is 17.3 Å². The smallest absolute Gasteiger partial charge is 0.243 e. The van der Waals surface area contributed by atoms with Crippen LogP contribution in [0.25, 0.3) is 10.2 Å². The number of sulfonamides is 1. The number of nitrogens with zero attached hydrogens (tertiary/aromatic N) is 2. The summed E-state index contributed by atoms with van der Waals surface area (Å²) >= 11 is 7.37. The summed E-state index contributed by atoms with van der Waals surface area (Å²) in [6.45, 7) is 0.314. The zero-order valence-electron chi connectivity index (χ0n) is 14.1. The number of hydrogen-bond donors (Lipinski definition) is 1. The van der Waals surface area contributed by atoms with Crippen molar-refractivity contribution in [1.82, 2.24) is 9.29 Å². The molecule has 4 rings (SSSR count). The lowest BCUT2D eigenvalue weighted by Gasteiger charge is -2.23. The van der Waals surface area contributed by atoms with Crippen LogP contribution in [0.2, 0.25) is 5.02 Å². The second-order valence-electron chi connectivity index (χ2n) is 6.25. The molecule has 1 aliphatic heterocycles. The van der Waals surface area contributed by atoms with E-state index in [1.807, 2.05) is 6.07 Å². The van der Waals surface area contributed by atoms with Crippen molar-refractivity contribution in [1.29, 1.82) is 0 Å². The molecule has 1 aliphatic rings. The number of carbonyl (C=O) groups excluding carboxylic acids is 1. The van der Waals surface area contributed by atoms with Gasteiger partial charge in [-0.25, -0.2) is 13.4 Å². The number of nitrogens with one attached hydrogen (secondary N) is 1. The van der Waals surface area contributed by atoms with Crippen LogP contribution < -0.4 is 5.32 Å². The molecule has 2 aromatic carbocycles. The maximum atomic E-state index is 12.9. The fourth-order valence-corrected chi connectivity index (χ4v) is 5.63. The number of anilines is 1. The van der Waals surface area contributed by atoms with Crippen molar-refractivity contribution in [2.24, 2.45) is 0 Å². The lowest BCUT2D eigenvalue weighted by molar-refractivity contribution is -0.119. The van der Waals surface area contributed by atoms with Crippen molar-refractivity contribution >= 4 is 54.8 Å². The van der Waals surface area contributed by atoms with Gasteiger partial charge in [0.15, 0.2) is 0 Å². The van der Waals surface area contributed by atoms with Crippen molar-refractivity contribution < 1.29 is 13.2 Å². The second kappa shape index (κ2) is 7.20. The largest absolute Gasteiger partial charge is 0.325 e. The van der Waals surface area contributed by atoms with E-state index in [2.05, 4.69) is 10.3 Å². The van der Waals surface area contributed by atoms with E-state index < -0.39 is 16.1 Å². The molecule has 1 unspecified atom stereocenters. The van der Waals surface area contributed by atoms with Gasteiger partial charge < -0.3 is 5.32 Å². The fraction of sp³-hybridized carbons (Fsp3) is 0.222. The molecule has 140 valence electrons. The summed E-state index contributed by atoms with van der Waals surface area (Å²) in [7, 11) is -3.76. The molecule has 27 heavy (non-hydrogen) atoms. The number of rotatable bonds is 4. The minimum atomic E-state index is -3.76. The topological polar surface area (TPSA) is 79.4 Å².